The molecule has 0 spiro atoms. The highest BCUT2D eigenvalue weighted by Gasteiger charge is 2.38. The van der Waals surface area contributed by atoms with E-state index >= 15 is 0 Å². The van der Waals surface area contributed by atoms with Crippen molar-refractivity contribution < 1.29 is 48.2 Å². The van der Waals surface area contributed by atoms with Crippen LogP contribution in [0.3, 0.4) is 0 Å². The van der Waals surface area contributed by atoms with Gasteiger partial charge in [0.25, 0.3) is 0 Å². The topological polar surface area (TPSA) is 278 Å². The molecule has 0 radical (unpaired) electrons. The maximum absolute atomic E-state index is 13.8. The molecule has 57 heavy (non-hydrogen) atoms. The van der Waals surface area contributed by atoms with Crippen LogP contribution in [-0.4, -0.2) is 88.7 Å². The average molecular weight is 792 g/mol. The van der Waals surface area contributed by atoms with E-state index in [2.05, 4.69) is 26.6 Å². The first kappa shape index (κ1) is 46.6. The molecule has 2 rings (SSSR count). The average Bonchev–Trinajstić information content (AvgIpc) is 3.12. The van der Waals surface area contributed by atoms with Crippen LogP contribution in [0.1, 0.15) is 59.4 Å². The highest BCUT2D eigenvalue weighted by Crippen LogP contribution is 2.13. The lowest BCUT2D eigenvalue weighted by atomic mass is 10.0. The summed E-state index contributed by atoms with van der Waals surface area (Å²) in [6.07, 6.45) is 13.7. The summed E-state index contributed by atoms with van der Waals surface area (Å²) < 4.78 is 5.62. The molecule has 7 amide bonds. The zero-order valence-corrected chi connectivity index (χ0v) is 32.6. The molecule has 6 unspecified atom stereocenters. The third kappa shape index (κ3) is 17.2. The second-order valence-corrected chi connectivity index (χ2v) is 14.0. The van der Waals surface area contributed by atoms with Gasteiger partial charge in [-0.15, -0.1) is 0 Å². The van der Waals surface area contributed by atoms with Crippen molar-refractivity contribution in [2.24, 2.45) is 23.3 Å². The molecule has 0 aliphatic carbocycles. The van der Waals surface area contributed by atoms with Crippen molar-refractivity contribution in [1.82, 2.24) is 26.6 Å². The summed E-state index contributed by atoms with van der Waals surface area (Å²) in [4.78, 5) is 104. The first-order chi connectivity index (χ1) is 26.9. The number of nitrogens with one attached hydrogen (secondary N) is 5. The Labute approximate surface area is 331 Å². The van der Waals surface area contributed by atoms with Crippen LogP contribution in [0, 0.1) is 11.8 Å². The molecule has 0 aromatic heterocycles. The summed E-state index contributed by atoms with van der Waals surface area (Å²) in [6, 6.07) is -0.817. The highest BCUT2D eigenvalue weighted by molar-refractivity contribution is 5.99. The van der Waals surface area contributed by atoms with Crippen molar-refractivity contribution in [1.29, 1.82) is 0 Å². The van der Waals surface area contributed by atoms with Crippen molar-refractivity contribution in [3.05, 3.63) is 84.5 Å². The van der Waals surface area contributed by atoms with E-state index in [9.17, 15) is 43.5 Å². The molecule has 1 aromatic carbocycles. The second kappa shape index (κ2) is 23.4. The fourth-order valence-electron chi connectivity index (χ4n) is 5.30. The molecule has 1 saturated heterocycles. The van der Waals surface area contributed by atoms with Gasteiger partial charge in [0.15, 0.2) is 0 Å². The molecule has 10 N–H and O–H groups in total. The van der Waals surface area contributed by atoms with Crippen LogP contribution in [-0.2, 0) is 43.1 Å². The van der Waals surface area contributed by atoms with E-state index in [-0.39, 0.29) is 18.1 Å². The summed E-state index contributed by atoms with van der Waals surface area (Å²) in [5.41, 5.74) is 11.6. The Kier molecular flexibility index (Phi) is 19.2. The molecular weight excluding hydrogens is 738 g/mol. The number of allylic oxidation sites excluding steroid dienone is 8. The molecule has 0 saturated carbocycles. The van der Waals surface area contributed by atoms with E-state index in [1.54, 1.807) is 88.4 Å². The molecule has 0 bridgehead atoms. The van der Waals surface area contributed by atoms with Gasteiger partial charge in [0.05, 0.1) is 12.8 Å². The smallest absolute Gasteiger partial charge is 0.328 e. The predicted molar refractivity (Wildman–Crippen MR) is 211 cm³/mol. The number of benzene rings is 1. The molecule has 1 fully saturated rings. The van der Waals surface area contributed by atoms with Crippen molar-refractivity contribution in [2.75, 3.05) is 0 Å². The molecule has 1 aromatic rings. The number of carbonyl (C=O) groups excluding carboxylic acids is 8. The maximum Gasteiger partial charge on any atom is 0.328 e. The molecule has 1 heterocycles. The van der Waals surface area contributed by atoms with Crippen molar-refractivity contribution in [3.8, 4) is 5.75 Å². The molecule has 1 aliphatic rings. The number of primary amides is 2. The zero-order valence-electron chi connectivity index (χ0n) is 32.6. The van der Waals surface area contributed by atoms with Crippen LogP contribution in [0.4, 0.5) is 0 Å². The Morgan fingerprint density at radius 2 is 1.21 bits per heavy atom. The minimum atomic E-state index is -1.65. The van der Waals surface area contributed by atoms with Gasteiger partial charge >= 0.3 is 5.97 Å². The van der Waals surface area contributed by atoms with E-state index in [4.69, 9.17) is 16.2 Å². The van der Waals surface area contributed by atoms with E-state index < -0.39 is 102 Å². The number of cyclic esters (lactones) is 1. The predicted octanol–water partition coefficient (Wildman–Crippen LogP) is 0.452. The van der Waals surface area contributed by atoms with Crippen LogP contribution < -0.4 is 38.1 Å². The lowest BCUT2D eigenvalue weighted by Gasteiger charge is -2.31. The monoisotopic (exact) mass is 791 g/mol. The lowest BCUT2D eigenvalue weighted by molar-refractivity contribution is -0.156. The number of hydrogen-bond acceptors (Lipinski definition) is 10. The van der Waals surface area contributed by atoms with Gasteiger partial charge in [-0.25, -0.2) is 4.79 Å². The fourth-order valence-corrected chi connectivity index (χ4v) is 5.30. The lowest BCUT2D eigenvalue weighted by Crippen LogP contribution is -2.62. The van der Waals surface area contributed by atoms with Gasteiger partial charge in [-0.2, -0.15) is 0 Å². The van der Waals surface area contributed by atoms with E-state index in [0.717, 1.165) is 11.6 Å². The summed E-state index contributed by atoms with van der Waals surface area (Å²) in [5, 5.41) is 21.5. The number of rotatable bonds is 14. The Morgan fingerprint density at radius 1 is 0.719 bits per heavy atom. The first-order valence-corrected chi connectivity index (χ1v) is 18.3. The van der Waals surface area contributed by atoms with Gasteiger partial charge in [-0.3, -0.25) is 33.6 Å². The highest BCUT2D eigenvalue weighted by atomic mass is 16.5. The maximum atomic E-state index is 13.8. The largest absolute Gasteiger partial charge is 0.508 e. The first-order valence-electron chi connectivity index (χ1n) is 18.3. The van der Waals surface area contributed by atoms with Gasteiger partial charge in [-0.1, -0.05) is 94.5 Å². The number of ether oxygens (including phenoxy) is 1. The Balaban J connectivity index is 2.38. The molecular formula is C40H53N7O10. The zero-order chi connectivity index (χ0) is 42.7. The number of carbonyl (C=O) groups is 8. The van der Waals surface area contributed by atoms with Gasteiger partial charge in [0.1, 0.15) is 42.1 Å². The minimum Gasteiger partial charge on any atom is -0.508 e. The number of phenolic OH excluding ortho intramolecular Hbond substituents is 1. The second-order valence-electron chi connectivity index (χ2n) is 14.0. The van der Waals surface area contributed by atoms with Crippen molar-refractivity contribution in [3.63, 3.8) is 0 Å². The Morgan fingerprint density at radius 3 is 1.72 bits per heavy atom. The van der Waals surface area contributed by atoms with E-state index in [1.165, 1.54) is 13.0 Å². The fraction of sp³-hybridized carbons (Fsp3) is 0.400. The van der Waals surface area contributed by atoms with Crippen LogP contribution in [0.5, 0.6) is 5.75 Å². The van der Waals surface area contributed by atoms with Gasteiger partial charge in [0, 0.05) is 6.08 Å². The third-order valence-corrected chi connectivity index (χ3v) is 8.19. The summed E-state index contributed by atoms with van der Waals surface area (Å²) in [7, 11) is 0. The summed E-state index contributed by atoms with van der Waals surface area (Å²) >= 11 is 0. The quantitative estimate of drug-likeness (QED) is 0.0732. The number of hydrogen-bond donors (Lipinski definition) is 8. The van der Waals surface area contributed by atoms with Crippen LogP contribution in [0.25, 0.3) is 6.08 Å². The van der Waals surface area contributed by atoms with Crippen molar-refractivity contribution >= 4 is 53.4 Å². The van der Waals surface area contributed by atoms with E-state index in [1.807, 2.05) is 12.2 Å². The number of esters is 1. The van der Waals surface area contributed by atoms with Gasteiger partial charge in [0.2, 0.25) is 41.4 Å². The molecule has 1 aliphatic heterocycles. The SMILES string of the molecule is CC(C)CC1NC(=O)C(CC(N)=O)NC(=O)C(CC(N)=O)NC(=O)C(C(C)C)NC(=O)C(NC(=O)C=CC=CC=CC=CC=Cc2ccc(O)cc2)C(C)OC1=O. The number of aromatic hydroxyl groups is 1. The molecule has 6 atom stereocenters. The minimum absolute atomic E-state index is 0.0311. The standard InChI is InChI=1S/C40H53N7O10/c1-23(2)20-30-40(56)57-25(5)35(46-33(51)15-13-11-9-7-6-8-10-12-14-26-16-18-27(48)19-17-26)39(55)47-34(24(3)4)38(54)44-29(22-32(42)50)36(52)43-28(21-31(41)49)37(53)45-30/h6-19,23-25,28-30,34-35,48H,20-22H2,1-5H3,(H2,41,49)(H2,42,50)(H,43,52)(H,44,54)(H,45,53)(H,46,51)(H,47,55). The van der Waals surface area contributed by atoms with E-state index in [0.29, 0.717) is 0 Å². The Bertz CT molecular complexity index is 1770. The normalized spacial score (nSPS) is 23.2. The van der Waals surface area contributed by atoms with Crippen LogP contribution in [0.2, 0.25) is 0 Å². The Hall–Kier alpha value is -6.52. The summed E-state index contributed by atoms with van der Waals surface area (Å²) in [5.74, 6) is -8.27. The van der Waals surface area contributed by atoms with Gasteiger partial charge in [-0.05, 0) is 42.9 Å². The third-order valence-electron chi connectivity index (χ3n) is 8.19. The number of amides is 7. The van der Waals surface area contributed by atoms with Gasteiger partial charge < -0.3 is 47.9 Å². The van der Waals surface area contributed by atoms with Crippen LogP contribution in [0.15, 0.2) is 78.9 Å². The molecule has 308 valence electrons. The number of phenols is 1. The molecule has 17 heteroatoms. The summed E-state index contributed by atoms with van der Waals surface area (Å²) in [6.45, 7) is 8.03. The molecule has 17 nitrogen and oxygen atoms in total. The van der Waals surface area contributed by atoms with Crippen LogP contribution >= 0.6 is 0 Å². The van der Waals surface area contributed by atoms with Crippen molar-refractivity contribution in [2.45, 2.75) is 90.2 Å². The number of nitrogens with two attached hydrogens (primary N) is 2.